The van der Waals surface area contributed by atoms with Gasteiger partial charge < -0.3 is 10.1 Å². The van der Waals surface area contributed by atoms with Crippen molar-refractivity contribution in [2.75, 3.05) is 13.7 Å². The molecule has 0 spiro atoms. The van der Waals surface area contributed by atoms with Gasteiger partial charge in [-0.05, 0) is 30.2 Å². The highest BCUT2D eigenvalue weighted by Crippen LogP contribution is 2.24. The fourth-order valence-electron chi connectivity index (χ4n) is 1.62. The topological polar surface area (TPSA) is 45.0 Å². The van der Waals surface area contributed by atoms with Crippen LogP contribution in [0, 0.1) is 11.3 Å². The Kier molecular flexibility index (Phi) is 5.18. The third kappa shape index (κ3) is 4.38. The minimum atomic E-state index is -0.140. The van der Waals surface area contributed by atoms with Crippen molar-refractivity contribution in [3.63, 3.8) is 0 Å². The Morgan fingerprint density at radius 2 is 1.89 bits per heavy atom. The lowest BCUT2D eigenvalue weighted by Gasteiger charge is -2.19. The average Bonchev–Trinajstić information content (AvgIpc) is 2.34. The van der Waals surface area contributed by atoms with E-state index in [9.17, 15) is 0 Å². The SMILES string of the molecule is CNC(C#N)CCOc1ccc(C(C)(C)C)cc1. The van der Waals surface area contributed by atoms with Gasteiger partial charge in [-0.25, -0.2) is 0 Å². The summed E-state index contributed by atoms with van der Waals surface area (Å²) in [7, 11) is 1.78. The molecule has 0 bridgehead atoms. The Balaban J connectivity index is 2.48. The molecule has 1 rings (SSSR count). The van der Waals surface area contributed by atoms with Gasteiger partial charge in [0.05, 0.1) is 18.7 Å². The summed E-state index contributed by atoms with van der Waals surface area (Å²) in [6.45, 7) is 7.11. The van der Waals surface area contributed by atoms with Crippen molar-refractivity contribution < 1.29 is 4.74 Å². The number of benzene rings is 1. The molecule has 0 heterocycles. The highest BCUT2D eigenvalue weighted by molar-refractivity contribution is 5.31. The fraction of sp³-hybridized carbons (Fsp3) is 0.533. The first-order chi connectivity index (χ1) is 8.47. The second kappa shape index (κ2) is 6.42. The molecule has 3 nitrogen and oxygen atoms in total. The zero-order valence-corrected chi connectivity index (χ0v) is 11.7. The molecular weight excluding hydrogens is 224 g/mol. The number of nitrogens with zero attached hydrogens (tertiary/aromatic N) is 1. The van der Waals surface area contributed by atoms with E-state index in [1.807, 2.05) is 12.1 Å². The molecule has 0 aliphatic carbocycles. The van der Waals surface area contributed by atoms with Gasteiger partial charge in [0, 0.05) is 6.42 Å². The Hall–Kier alpha value is -1.53. The third-order valence-electron chi connectivity index (χ3n) is 2.90. The van der Waals surface area contributed by atoms with Gasteiger partial charge in [-0.1, -0.05) is 32.9 Å². The smallest absolute Gasteiger partial charge is 0.119 e. The number of hydrogen-bond acceptors (Lipinski definition) is 3. The van der Waals surface area contributed by atoms with E-state index in [0.29, 0.717) is 13.0 Å². The maximum atomic E-state index is 8.78. The van der Waals surface area contributed by atoms with E-state index in [4.69, 9.17) is 10.00 Å². The van der Waals surface area contributed by atoms with Crippen LogP contribution in [0.4, 0.5) is 0 Å². The van der Waals surface area contributed by atoms with Crippen molar-refractivity contribution in [3.05, 3.63) is 29.8 Å². The summed E-state index contributed by atoms with van der Waals surface area (Å²) in [5, 5.41) is 11.7. The van der Waals surface area contributed by atoms with Gasteiger partial charge in [0.2, 0.25) is 0 Å². The van der Waals surface area contributed by atoms with E-state index in [1.165, 1.54) is 5.56 Å². The molecule has 18 heavy (non-hydrogen) atoms. The van der Waals surface area contributed by atoms with Crippen LogP contribution >= 0.6 is 0 Å². The van der Waals surface area contributed by atoms with Gasteiger partial charge in [0.15, 0.2) is 0 Å². The van der Waals surface area contributed by atoms with E-state index in [-0.39, 0.29) is 11.5 Å². The molecule has 98 valence electrons. The molecule has 0 aliphatic heterocycles. The number of nitrogens with one attached hydrogen (secondary N) is 1. The fourth-order valence-corrected chi connectivity index (χ4v) is 1.62. The lowest BCUT2D eigenvalue weighted by molar-refractivity contribution is 0.300. The number of rotatable bonds is 5. The highest BCUT2D eigenvalue weighted by atomic mass is 16.5. The number of ether oxygens (including phenoxy) is 1. The standard InChI is InChI=1S/C15H22N2O/c1-15(2,3)12-5-7-14(8-6-12)18-10-9-13(11-16)17-4/h5-8,13,17H,9-10H2,1-4H3. The largest absolute Gasteiger partial charge is 0.493 e. The Morgan fingerprint density at radius 1 is 1.28 bits per heavy atom. The first-order valence-electron chi connectivity index (χ1n) is 6.27. The molecule has 1 aromatic rings. The molecule has 0 saturated carbocycles. The molecule has 0 radical (unpaired) electrons. The van der Waals surface area contributed by atoms with Crippen molar-refractivity contribution >= 4 is 0 Å². The number of nitriles is 1. The van der Waals surface area contributed by atoms with Crippen LogP contribution < -0.4 is 10.1 Å². The van der Waals surface area contributed by atoms with Gasteiger partial charge in [-0.15, -0.1) is 0 Å². The minimum absolute atomic E-state index is 0.140. The first kappa shape index (κ1) is 14.5. The second-order valence-electron chi connectivity index (χ2n) is 5.38. The monoisotopic (exact) mass is 246 g/mol. The van der Waals surface area contributed by atoms with Crippen LogP contribution in [0.2, 0.25) is 0 Å². The molecule has 1 N–H and O–H groups in total. The summed E-state index contributed by atoms with van der Waals surface area (Å²) in [6.07, 6.45) is 0.689. The average molecular weight is 246 g/mol. The molecular formula is C15H22N2O. The van der Waals surface area contributed by atoms with Gasteiger partial charge in [0.25, 0.3) is 0 Å². The second-order valence-corrected chi connectivity index (χ2v) is 5.38. The first-order valence-corrected chi connectivity index (χ1v) is 6.27. The zero-order chi connectivity index (χ0) is 13.6. The van der Waals surface area contributed by atoms with E-state index in [1.54, 1.807) is 7.05 Å². The van der Waals surface area contributed by atoms with Crippen molar-refractivity contribution in [2.24, 2.45) is 0 Å². The maximum Gasteiger partial charge on any atom is 0.119 e. The molecule has 0 fully saturated rings. The van der Waals surface area contributed by atoms with E-state index in [0.717, 1.165) is 5.75 Å². The van der Waals surface area contributed by atoms with Crippen LogP contribution in [0.15, 0.2) is 24.3 Å². The van der Waals surface area contributed by atoms with Crippen LogP contribution in [0.25, 0.3) is 0 Å². The van der Waals surface area contributed by atoms with Crippen LogP contribution in [0.1, 0.15) is 32.8 Å². The van der Waals surface area contributed by atoms with Crippen LogP contribution in [-0.4, -0.2) is 19.7 Å². The third-order valence-corrected chi connectivity index (χ3v) is 2.90. The molecule has 1 unspecified atom stereocenters. The minimum Gasteiger partial charge on any atom is -0.493 e. The zero-order valence-electron chi connectivity index (χ0n) is 11.7. The van der Waals surface area contributed by atoms with E-state index < -0.39 is 0 Å². The molecule has 1 atom stereocenters. The van der Waals surface area contributed by atoms with Gasteiger partial charge in [-0.2, -0.15) is 5.26 Å². The summed E-state index contributed by atoms with van der Waals surface area (Å²) in [5.74, 6) is 0.857. The summed E-state index contributed by atoms with van der Waals surface area (Å²) in [6, 6.07) is 10.2. The predicted molar refractivity (Wildman–Crippen MR) is 73.7 cm³/mol. The molecule has 0 aromatic heterocycles. The normalized spacial score (nSPS) is 12.8. The molecule has 3 heteroatoms. The molecule has 0 saturated heterocycles. The summed E-state index contributed by atoms with van der Waals surface area (Å²) >= 11 is 0. The van der Waals surface area contributed by atoms with Crippen LogP contribution in [0.5, 0.6) is 5.75 Å². The maximum absolute atomic E-state index is 8.78. The van der Waals surface area contributed by atoms with Crippen molar-refractivity contribution in [1.82, 2.24) is 5.32 Å². The molecule has 0 aliphatic rings. The Bertz CT molecular complexity index is 398. The summed E-state index contributed by atoms with van der Waals surface area (Å²) < 4.78 is 5.62. The quantitative estimate of drug-likeness (QED) is 0.869. The molecule has 1 aromatic carbocycles. The van der Waals surface area contributed by atoms with E-state index in [2.05, 4.69) is 44.3 Å². The number of hydrogen-bond donors (Lipinski definition) is 1. The van der Waals surface area contributed by atoms with E-state index >= 15 is 0 Å². The van der Waals surface area contributed by atoms with Gasteiger partial charge in [0.1, 0.15) is 5.75 Å². The Labute approximate surface area is 110 Å². The predicted octanol–water partition coefficient (Wildman–Crippen LogP) is 2.86. The van der Waals surface area contributed by atoms with Crippen LogP contribution in [-0.2, 0) is 5.41 Å². The van der Waals surface area contributed by atoms with Gasteiger partial charge >= 0.3 is 0 Å². The Morgan fingerprint density at radius 3 is 2.33 bits per heavy atom. The summed E-state index contributed by atoms with van der Waals surface area (Å²) in [4.78, 5) is 0. The molecule has 0 amide bonds. The van der Waals surface area contributed by atoms with Crippen molar-refractivity contribution in [1.29, 1.82) is 5.26 Å². The van der Waals surface area contributed by atoms with Gasteiger partial charge in [-0.3, -0.25) is 0 Å². The lowest BCUT2D eigenvalue weighted by Crippen LogP contribution is -2.25. The van der Waals surface area contributed by atoms with Crippen LogP contribution in [0.3, 0.4) is 0 Å². The highest BCUT2D eigenvalue weighted by Gasteiger charge is 2.13. The lowest BCUT2D eigenvalue weighted by atomic mass is 9.87. The summed E-state index contributed by atoms with van der Waals surface area (Å²) in [5.41, 5.74) is 1.45. The van der Waals surface area contributed by atoms with Crippen molar-refractivity contribution in [3.8, 4) is 11.8 Å². The van der Waals surface area contributed by atoms with Crippen molar-refractivity contribution in [2.45, 2.75) is 38.6 Å².